The Morgan fingerprint density at radius 3 is 2.80 bits per heavy atom. The minimum atomic E-state index is 0.775. The Labute approximate surface area is 103 Å². The van der Waals surface area contributed by atoms with Crippen molar-refractivity contribution in [3.63, 3.8) is 0 Å². The molecule has 0 aromatic carbocycles. The number of halogens is 1. The quantitative estimate of drug-likeness (QED) is 0.712. The molecule has 0 aromatic heterocycles. The molecule has 1 aliphatic heterocycles. The van der Waals surface area contributed by atoms with E-state index in [4.69, 9.17) is 0 Å². The van der Waals surface area contributed by atoms with Gasteiger partial charge in [-0.1, -0.05) is 29.3 Å². The number of rotatable bonds is 5. The van der Waals surface area contributed by atoms with E-state index in [0.717, 1.165) is 17.3 Å². The summed E-state index contributed by atoms with van der Waals surface area (Å²) >= 11 is 3.60. The van der Waals surface area contributed by atoms with Gasteiger partial charge in [-0.25, -0.2) is 0 Å². The molecule has 0 spiro atoms. The first-order valence-electron chi connectivity index (χ1n) is 6.12. The van der Waals surface area contributed by atoms with Crippen LogP contribution in [0.5, 0.6) is 0 Å². The molecular formula is C12H25BrN2. The predicted octanol–water partition coefficient (Wildman–Crippen LogP) is 2.43. The zero-order valence-electron chi connectivity index (χ0n) is 10.4. The fourth-order valence-corrected chi connectivity index (χ4v) is 3.00. The molecule has 0 amide bonds. The Hall–Kier alpha value is 0.400. The van der Waals surface area contributed by atoms with Gasteiger partial charge in [0.25, 0.3) is 0 Å². The first-order valence-corrected chi connectivity index (χ1v) is 7.24. The smallest absolute Gasteiger partial charge is 0.0220 e. The summed E-state index contributed by atoms with van der Waals surface area (Å²) in [6.45, 7) is 6.04. The molecule has 0 saturated carbocycles. The van der Waals surface area contributed by atoms with Gasteiger partial charge in [0.1, 0.15) is 0 Å². The minimum absolute atomic E-state index is 0.775. The number of likely N-dealkylation sites (N-methyl/N-ethyl adjacent to an activating group) is 2. The molecule has 0 aliphatic carbocycles. The van der Waals surface area contributed by atoms with Gasteiger partial charge in [0.15, 0.2) is 0 Å². The zero-order valence-corrected chi connectivity index (χ0v) is 12.0. The van der Waals surface area contributed by atoms with E-state index in [1.165, 1.54) is 38.9 Å². The van der Waals surface area contributed by atoms with Gasteiger partial charge in [0.2, 0.25) is 0 Å². The van der Waals surface area contributed by atoms with Crippen molar-refractivity contribution in [2.45, 2.75) is 32.2 Å². The van der Waals surface area contributed by atoms with Crippen molar-refractivity contribution in [2.24, 2.45) is 5.92 Å². The number of hydrogen-bond donors (Lipinski definition) is 0. The molecule has 0 N–H and O–H groups in total. The number of piperidine rings is 1. The summed E-state index contributed by atoms with van der Waals surface area (Å²) in [5.74, 6) is 0.808. The lowest BCUT2D eigenvalue weighted by atomic mass is 10.0. The summed E-state index contributed by atoms with van der Waals surface area (Å²) in [5.41, 5.74) is 0. The summed E-state index contributed by atoms with van der Waals surface area (Å²) in [6.07, 6.45) is 4.01. The van der Waals surface area contributed by atoms with Crippen molar-refractivity contribution in [2.75, 3.05) is 39.1 Å². The van der Waals surface area contributed by atoms with Crippen molar-refractivity contribution < 1.29 is 0 Å². The van der Waals surface area contributed by atoms with Gasteiger partial charge in [-0.3, -0.25) is 0 Å². The van der Waals surface area contributed by atoms with E-state index in [9.17, 15) is 0 Å². The second-order valence-electron chi connectivity index (χ2n) is 4.93. The van der Waals surface area contributed by atoms with E-state index in [1.807, 2.05) is 0 Å². The Morgan fingerprint density at radius 1 is 1.53 bits per heavy atom. The lowest BCUT2D eigenvalue weighted by Gasteiger charge is -2.37. The van der Waals surface area contributed by atoms with Gasteiger partial charge in [-0.15, -0.1) is 0 Å². The fourth-order valence-electron chi connectivity index (χ4n) is 2.34. The maximum atomic E-state index is 3.60. The summed E-state index contributed by atoms with van der Waals surface area (Å²) in [7, 11) is 4.52. The van der Waals surface area contributed by atoms with Crippen molar-refractivity contribution in [3.8, 4) is 0 Å². The molecule has 2 nitrogen and oxygen atoms in total. The van der Waals surface area contributed by atoms with E-state index < -0.39 is 0 Å². The maximum absolute atomic E-state index is 3.60. The molecular weight excluding hydrogens is 252 g/mol. The SMILES string of the molecule is CCC(CBr)CN(C)C1CCCN(C)C1. The monoisotopic (exact) mass is 276 g/mol. The van der Waals surface area contributed by atoms with Crippen LogP contribution >= 0.6 is 15.9 Å². The summed E-state index contributed by atoms with van der Waals surface area (Å²) < 4.78 is 0. The first kappa shape index (κ1) is 13.5. The predicted molar refractivity (Wildman–Crippen MR) is 70.7 cm³/mol. The van der Waals surface area contributed by atoms with E-state index in [2.05, 4.69) is 46.7 Å². The van der Waals surface area contributed by atoms with E-state index >= 15 is 0 Å². The molecule has 0 radical (unpaired) electrons. The van der Waals surface area contributed by atoms with E-state index in [1.54, 1.807) is 0 Å². The molecule has 3 heteroatoms. The first-order chi connectivity index (χ1) is 7.17. The average Bonchev–Trinajstić information content (AvgIpc) is 2.25. The Morgan fingerprint density at radius 2 is 2.27 bits per heavy atom. The van der Waals surface area contributed by atoms with Gasteiger partial charge < -0.3 is 9.80 Å². The summed E-state index contributed by atoms with van der Waals surface area (Å²) in [6, 6.07) is 0.775. The highest BCUT2D eigenvalue weighted by Gasteiger charge is 2.22. The lowest BCUT2D eigenvalue weighted by Crippen LogP contribution is -2.46. The molecule has 1 heterocycles. The van der Waals surface area contributed by atoms with Crippen LogP contribution in [0.3, 0.4) is 0 Å². The Balaban J connectivity index is 2.34. The van der Waals surface area contributed by atoms with Crippen LogP contribution in [0.2, 0.25) is 0 Å². The van der Waals surface area contributed by atoms with Gasteiger partial charge >= 0.3 is 0 Å². The van der Waals surface area contributed by atoms with Gasteiger partial charge in [0, 0.05) is 24.5 Å². The molecule has 90 valence electrons. The topological polar surface area (TPSA) is 6.48 Å². The molecule has 2 atom stereocenters. The van der Waals surface area contributed by atoms with E-state index in [0.29, 0.717) is 0 Å². The number of alkyl halides is 1. The molecule has 0 aromatic rings. The molecule has 15 heavy (non-hydrogen) atoms. The third-order valence-electron chi connectivity index (χ3n) is 3.56. The number of nitrogens with zero attached hydrogens (tertiary/aromatic N) is 2. The van der Waals surface area contributed by atoms with Gasteiger partial charge in [-0.2, -0.15) is 0 Å². The highest BCUT2D eigenvalue weighted by Crippen LogP contribution is 2.16. The average molecular weight is 277 g/mol. The highest BCUT2D eigenvalue weighted by molar-refractivity contribution is 9.09. The largest absolute Gasteiger partial charge is 0.305 e. The third kappa shape index (κ3) is 4.41. The Bertz CT molecular complexity index is 171. The van der Waals surface area contributed by atoms with E-state index in [-0.39, 0.29) is 0 Å². The van der Waals surface area contributed by atoms with Crippen molar-refractivity contribution in [1.29, 1.82) is 0 Å². The molecule has 1 fully saturated rings. The van der Waals surface area contributed by atoms with Crippen LogP contribution in [-0.4, -0.2) is 54.9 Å². The van der Waals surface area contributed by atoms with Crippen molar-refractivity contribution in [3.05, 3.63) is 0 Å². The van der Waals surface area contributed by atoms with Crippen LogP contribution in [0.15, 0.2) is 0 Å². The van der Waals surface area contributed by atoms with Crippen molar-refractivity contribution in [1.82, 2.24) is 9.80 Å². The van der Waals surface area contributed by atoms with Crippen LogP contribution in [0, 0.1) is 5.92 Å². The second kappa shape index (κ2) is 6.87. The molecule has 1 saturated heterocycles. The zero-order chi connectivity index (χ0) is 11.3. The maximum Gasteiger partial charge on any atom is 0.0220 e. The van der Waals surface area contributed by atoms with Crippen molar-refractivity contribution >= 4 is 15.9 Å². The van der Waals surface area contributed by atoms with Gasteiger partial charge in [-0.05, 0) is 39.4 Å². The summed E-state index contributed by atoms with van der Waals surface area (Å²) in [4.78, 5) is 5.02. The second-order valence-corrected chi connectivity index (χ2v) is 5.57. The lowest BCUT2D eigenvalue weighted by molar-refractivity contribution is 0.122. The molecule has 1 rings (SSSR count). The summed E-state index contributed by atoms with van der Waals surface area (Å²) in [5, 5.41) is 1.14. The molecule has 0 bridgehead atoms. The van der Waals surface area contributed by atoms with Crippen LogP contribution in [0.4, 0.5) is 0 Å². The van der Waals surface area contributed by atoms with Crippen LogP contribution in [0.1, 0.15) is 26.2 Å². The van der Waals surface area contributed by atoms with Crippen LogP contribution < -0.4 is 0 Å². The van der Waals surface area contributed by atoms with Crippen LogP contribution in [-0.2, 0) is 0 Å². The fraction of sp³-hybridized carbons (Fsp3) is 1.00. The Kier molecular flexibility index (Phi) is 6.17. The molecule has 2 unspecified atom stereocenters. The standard InChI is InChI=1S/C12H25BrN2/c1-4-11(8-13)9-15(3)12-6-5-7-14(2)10-12/h11-12H,4-10H2,1-3H3. The molecule has 1 aliphatic rings. The van der Waals surface area contributed by atoms with Gasteiger partial charge in [0.05, 0.1) is 0 Å². The highest BCUT2D eigenvalue weighted by atomic mass is 79.9. The number of likely N-dealkylation sites (tertiary alicyclic amines) is 1. The minimum Gasteiger partial charge on any atom is -0.305 e. The third-order valence-corrected chi connectivity index (χ3v) is 4.48. The normalized spacial score (nSPS) is 25.8. The van der Waals surface area contributed by atoms with Crippen LogP contribution in [0.25, 0.3) is 0 Å². The number of hydrogen-bond acceptors (Lipinski definition) is 2.